The second kappa shape index (κ2) is 7.54. The first-order valence-corrected chi connectivity index (χ1v) is 9.92. The van der Waals surface area contributed by atoms with Crippen LogP contribution in [0.25, 0.3) is 11.5 Å². The summed E-state index contributed by atoms with van der Waals surface area (Å²) in [6.07, 6.45) is 2.55. The molecular formula is C21H27N3O4. The number of hydrogen-bond acceptors (Lipinski definition) is 6. The minimum absolute atomic E-state index is 0.165. The number of rotatable bonds is 3. The highest BCUT2D eigenvalue weighted by molar-refractivity contribution is 5.68. The zero-order valence-electron chi connectivity index (χ0n) is 16.7. The predicted octanol–water partition coefficient (Wildman–Crippen LogP) is 4.31. The fourth-order valence-corrected chi connectivity index (χ4v) is 3.52. The highest BCUT2D eigenvalue weighted by atomic mass is 16.6. The number of piperidine rings is 1. The number of hydrogen-bond donors (Lipinski definition) is 0. The van der Waals surface area contributed by atoms with E-state index in [0.29, 0.717) is 24.9 Å². The van der Waals surface area contributed by atoms with Gasteiger partial charge in [0.1, 0.15) is 5.60 Å². The first kappa shape index (κ1) is 18.9. The summed E-state index contributed by atoms with van der Waals surface area (Å²) in [4.78, 5) is 14.0. The number of carbonyl (C=O) groups is 1. The van der Waals surface area contributed by atoms with Gasteiger partial charge >= 0.3 is 6.09 Å². The molecule has 7 nitrogen and oxygen atoms in total. The van der Waals surface area contributed by atoms with E-state index in [-0.39, 0.29) is 18.1 Å². The van der Waals surface area contributed by atoms with Crippen LogP contribution in [0, 0.1) is 0 Å². The van der Waals surface area contributed by atoms with Crippen molar-refractivity contribution in [2.24, 2.45) is 0 Å². The largest absolute Gasteiger partial charge is 0.444 e. The van der Waals surface area contributed by atoms with Crippen LogP contribution in [0.3, 0.4) is 0 Å². The van der Waals surface area contributed by atoms with Gasteiger partial charge < -0.3 is 18.8 Å². The molecule has 1 aromatic heterocycles. The highest BCUT2D eigenvalue weighted by Gasteiger charge is 2.30. The SMILES string of the molecule is CC(C)(C)OC(=O)N1CCC(c2nnc(-c3cccc(C4CCO4)c3)o2)CC1. The van der Waals surface area contributed by atoms with Crippen LogP contribution < -0.4 is 0 Å². The Morgan fingerprint density at radius 3 is 2.57 bits per heavy atom. The summed E-state index contributed by atoms with van der Waals surface area (Å²) in [5.74, 6) is 1.34. The lowest BCUT2D eigenvalue weighted by molar-refractivity contribution is -0.0526. The first-order chi connectivity index (χ1) is 13.4. The third kappa shape index (κ3) is 4.19. The number of amides is 1. The number of ether oxygens (including phenoxy) is 2. The van der Waals surface area contributed by atoms with Crippen molar-refractivity contribution in [1.82, 2.24) is 15.1 Å². The van der Waals surface area contributed by atoms with Crippen molar-refractivity contribution in [2.75, 3.05) is 19.7 Å². The molecular weight excluding hydrogens is 358 g/mol. The molecule has 4 rings (SSSR count). The number of carbonyl (C=O) groups excluding carboxylic acids is 1. The lowest BCUT2D eigenvalue weighted by atomic mass is 9.97. The molecule has 28 heavy (non-hydrogen) atoms. The first-order valence-electron chi connectivity index (χ1n) is 9.92. The van der Waals surface area contributed by atoms with Gasteiger partial charge in [-0.3, -0.25) is 0 Å². The second-order valence-electron chi connectivity index (χ2n) is 8.46. The fourth-order valence-electron chi connectivity index (χ4n) is 3.52. The molecule has 0 bridgehead atoms. The van der Waals surface area contributed by atoms with Crippen molar-refractivity contribution in [2.45, 2.75) is 57.7 Å². The molecule has 1 amide bonds. The van der Waals surface area contributed by atoms with E-state index < -0.39 is 5.60 Å². The molecule has 2 fully saturated rings. The normalized spacial score (nSPS) is 20.7. The Morgan fingerprint density at radius 1 is 1.18 bits per heavy atom. The maximum absolute atomic E-state index is 12.2. The molecule has 0 N–H and O–H groups in total. The molecule has 1 aromatic carbocycles. The van der Waals surface area contributed by atoms with E-state index in [2.05, 4.69) is 22.3 Å². The summed E-state index contributed by atoms with van der Waals surface area (Å²) in [6.45, 7) is 7.72. The van der Waals surface area contributed by atoms with Gasteiger partial charge in [-0.15, -0.1) is 10.2 Å². The Labute approximate surface area is 165 Å². The second-order valence-corrected chi connectivity index (χ2v) is 8.46. The summed E-state index contributed by atoms with van der Waals surface area (Å²) < 4.78 is 17.0. The number of nitrogens with zero attached hydrogens (tertiary/aromatic N) is 3. The van der Waals surface area contributed by atoms with Gasteiger partial charge in [-0.05, 0) is 51.3 Å². The van der Waals surface area contributed by atoms with Crippen molar-refractivity contribution in [3.8, 4) is 11.5 Å². The van der Waals surface area contributed by atoms with Gasteiger partial charge in [0.05, 0.1) is 12.7 Å². The Morgan fingerprint density at radius 2 is 1.93 bits per heavy atom. The Balaban J connectivity index is 1.38. The monoisotopic (exact) mass is 385 g/mol. The van der Waals surface area contributed by atoms with Gasteiger partial charge in [0.25, 0.3) is 0 Å². The highest BCUT2D eigenvalue weighted by Crippen LogP contribution is 2.33. The van der Waals surface area contributed by atoms with E-state index in [1.807, 2.05) is 32.9 Å². The number of likely N-dealkylation sites (tertiary alicyclic amines) is 1. The zero-order valence-corrected chi connectivity index (χ0v) is 16.7. The van der Waals surface area contributed by atoms with Gasteiger partial charge in [-0.2, -0.15) is 0 Å². The molecule has 2 aromatic rings. The minimum atomic E-state index is -0.478. The van der Waals surface area contributed by atoms with Gasteiger partial charge in [0, 0.05) is 31.0 Å². The van der Waals surface area contributed by atoms with E-state index in [4.69, 9.17) is 13.9 Å². The van der Waals surface area contributed by atoms with E-state index in [9.17, 15) is 4.79 Å². The molecule has 7 heteroatoms. The van der Waals surface area contributed by atoms with Crippen molar-refractivity contribution < 1.29 is 18.7 Å². The molecule has 1 unspecified atom stereocenters. The van der Waals surface area contributed by atoms with Crippen molar-refractivity contribution in [3.05, 3.63) is 35.7 Å². The van der Waals surface area contributed by atoms with Crippen molar-refractivity contribution >= 4 is 6.09 Å². The molecule has 2 saturated heterocycles. The van der Waals surface area contributed by atoms with Crippen LogP contribution in [-0.2, 0) is 9.47 Å². The lowest BCUT2D eigenvalue weighted by Gasteiger charge is -2.32. The molecule has 0 aliphatic carbocycles. The van der Waals surface area contributed by atoms with Gasteiger partial charge in [-0.25, -0.2) is 4.79 Å². The standard InChI is InChI=1S/C21H27N3O4/c1-21(2,3)28-20(25)24-10-7-14(8-11-24)18-22-23-19(27-18)16-6-4-5-15(13-16)17-9-12-26-17/h4-6,13-14,17H,7-12H2,1-3H3. The molecule has 3 heterocycles. The maximum atomic E-state index is 12.2. The van der Waals surface area contributed by atoms with E-state index in [1.165, 1.54) is 0 Å². The summed E-state index contributed by atoms with van der Waals surface area (Å²) in [5.41, 5.74) is 1.58. The topological polar surface area (TPSA) is 77.7 Å². The lowest BCUT2D eigenvalue weighted by Crippen LogP contribution is -2.41. The van der Waals surface area contributed by atoms with Gasteiger partial charge in [-0.1, -0.05) is 12.1 Å². The summed E-state index contributed by atoms with van der Waals surface area (Å²) in [6, 6.07) is 8.10. The van der Waals surface area contributed by atoms with E-state index in [0.717, 1.165) is 37.0 Å². The van der Waals surface area contributed by atoms with Crippen molar-refractivity contribution in [1.29, 1.82) is 0 Å². The van der Waals surface area contributed by atoms with Crippen molar-refractivity contribution in [3.63, 3.8) is 0 Å². The van der Waals surface area contributed by atoms with Gasteiger partial charge in [0.15, 0.2) is 0 Å². The molecule has 150 valence electrons. The summed E-state index contributed by atoms with van der Waals surface area (Å²) >= 11 is 0. The molecule has 0 saturated carbocycles. The molecule has 0 radical (unpaired) electrons. The minimum Gasteiger partial charge on any atom is -0.444 e. The Bertz CT molecular complexity index is 830. The molecule has 1 atom stereocenters. The zero-order chi connectivity index (χ0) is 19.7. The van der Waals surface area contributed by atoms with Crippen LogP contribution in [0.4, 0.5) is 4.79 Å². The third-order valence-electron chi connectivity index (χ3n) is 5.14. The van der Waals surface area contributed by atoms with Crippen LogP contribution in [0.1, 0.15) is 63.5 Å². The van der Waals surface area contributed by atoms with E-state index in [1.54, 1.807) is 4.90 Å². The van der Waals surface area contributed by atoms with Gasteiger partial charge in [0.2, 0.25) is 11.8 Å². The van der Waals surface area contributed by atoms with E-state index >= 15 is 0 Å². The predicted molar refractivity (Wildman–Crippen MR) is 103 cm³/mol. The average Bonchev–Trinajstić information content (AvgIpc) is 3.09. The Hall–Kier alpha value is -2.41. The summed E-state index contributed by atoms with van der Waals surface area (Å²) in [7, 11) is 0. The van der Waals surface area contributed by atoms with Crippen LogP contribution in [-0.4, -0.2) is 46.5 Å². The van der Waals surface area contributed by atoms with Crippen LogP contribution in [0.2, 0.25) is 0 Å². The third-order valence-corrected chi connectivity index (χ3v) is 5.14. The summed E-state index contributed by atoms with van der Waals surface area (Å²) in [5, 5.41) is 8.52. The van der Waals surface area contributed by atoms with Crippen LogP contribution >= 0.6 is 0 Å². The maximum Gasteiger partial charge on any atom is 0.410 e. The number of aromatic nitrogens is 2. The average molecular weight is 385 g/mol. The fraction of sp³-hybridized carbons (Fsp3) is 0.571. The smallest absolute Gasteiger partial charge is 0.410 e. The number of benzene rings is 1. The molecule has 2 aliphatic rings. The Kier molecular flexibility index (Phi) is 5.10. The van der Waals surface area contributed by atoms with Crippen LogP contribution in [0.5, 0.6) is 0 Å². The quantitative estimate of drug-likeness (QED) is 0.783. The molecule has 0 spiro atoms. The molecule has 2 aliphatic heterocycles. The van der Waals surface area contributed by atoms with Crippen LogP contribution in [0.15, 0.2) is 28.7 Å².